The van der Waals surface area contributed by atoms with E-state index in [0.29, 0.717) is 5.69 Å². The monoisotopic (exact) mass is 266 g/mol. The lowest BCUT2D eigenvalue weighted by molar-refractivity contribution is 0.0692. The molecule has 4 nitrogen and oxygen atoms in total. The van der Waals surface area contributed by atoms with Crippen LogP contribution in [0.25, 0.3) is 0 Å². The first-order valence-corrected chi connectivity index (χ1v) is 6.64. The van der Waals surface area contributed by atoms with Gasteiger partial charge in [0.2, 0.25) is 0 Å². The SMILES string of the molecule is Nc1cc(C(=O)O)c(F)cc1NCCC1CCCC1. The molecular formula is C14H19FN2O2. The predicted octanol–water partition coefficient (Wildman–Crippen LogP) is 3.10. The van der Waals surface area contributed by atoms with Gasteiger partial charge < -0.3 is 16.2 Å². The van der Waals surface area contributed by atoms with Gasteiger partial charge in [-0.25, -0.2) is 9.18 Å². The first-order chi connectivity index (χ1) is 9.08. The predicted molar refractivity (Wildman–Crippen MR) is 72.8 cm³/mol. The second-order valence-electron chi connectivity index (χ2n) is 5.09. The average molecular weight is 266 g/mol. The highest BCUT2D eigenvalue weighted by Gasteiger charge is 2.16. The zero-order valence-corrected chi connectivity index (χ0v) is 10.8. The number of halogens is 1. The molecule has 104 valence electrons. The number of carboxylic acid groups (broad SMARTS) is 1. The Kier molecular flexibility index (Phi) is 4.24. The molecule has 2 rings (SSSR count). The summed E-state index contributed by atoms with van der Waals surface area (Å²) in [6, 6.07) is 2.32. The van der Waals surface area contributed by atoms with Gasteiger partial charge >= 0.3 is 5.97 Å². The quantitative estimate of drug-likeness (QED) is 0.716. The second kappa shape index (κ2) is 5.91. The molecule has 0 radical (unpaired) electrons. The lowest BCUT2D eigenvalue weighted by Crippen LogP contribution is -2.10. The summed E-state index contributed by atoms with van der Waals surface area (Å²) >= 11 is 0. The van der Waals surface area contributed by atoms with E-state index in [0.717, 1.165) is 31.0 Å². The molecule has 1 aromatic carbocycles. The molecule has 1 aliphatic carbocycles. The fraction of sp³-hybridized carbons (Fsp3) is 0.500. The van der Waals surface area contributed by atoms with Crippen LogP contribution in [-0.4, -0.2) is 17.6 Å². The van der Waals surface area contributed by atoms with E-state index in [1.807, 2.05) is 0 Å². The molecule has 1 aromatic rings. The molecule has 0 amide bonds. The van der Waals surface area contributed by atoms with Crippen molar-refractivity contribution in [2.45, 2.75) is 32.1 Å². The number of rotatable bonds is 5. The number of carbonyl (C=O) groups is 1. The van der Waals surface area contributed by atoms with Crippen LogP contribution in [0.5, 0.6) is 0 Å². The molecule has 1 aliphatic rings. The summed E-state index contributed by atoms with van der Waals surface area (Å²) in [7, 11) is 0. The summed E-state index contributed by atoms with van der Waals surface area (Å²) in [5.74, 6) is -1.32. The summed E-state index contributed by atoms with van der Waals surface area (Å²) < 4.78 is 13.5. The Hall–Kier alpha value is -1.78. The molecule has 4 N–H and O–H groups in total. The molecule has 1 saturated carbocycles. The van der Waals surface area contributed by atoms with Gasteiger partial charge in [-0.15, -0.1) is 0 Å². The molecular weight excluding hydrogens is 247 g/mol. The van der Waals surface area contributed by atoms with Crippen molar-refractivity contribution in [2.75, 3.05) is 17.6 Å². The Morgan fingerprint density at radius 3 is 2.74 bits per heavy atom. The minimum absolute atomic E-state index is 0.269. The maximum Gasteiger partial charge on any atom is 0.338 e. The number of aromatic carboxylic acids is 1. The summed E-state index contributed by atoms with van der Waals surface area (Å²) in [5, 5.41) is 11.9. The van der Waals surface area contributed by atoms with Gasteiger partial charge in [0.05, 0.1) is 16.9 Å². The topological polar surface area (TPSA) is 75.4 Å². The van der Waals surface area contributed by atoms with Crippen molar-refractivity contribution in [3.05, 3.63) is 23.5 Å². The number of anilines is 2. The minimum Gasteiger partial charge on any atom is -0.478 e. The number of nitrogens with two attached hydrogens (primary N) is 1. The Labute approximate surface area is 111 Å². The van der Waals surface area contributed by atoms with E-state index < -0.39 is 11.8 Å². The van der Waals surface area contributed by atoms with Crippen molar-refractivity contribution in [1.82, 2.24) is 0 Å². The van der Waals surface area contributed by atoms with Crippen molar-refractivity contribution >= 4 is 17.3 Å². The maximum atomic E-state index is 13.5. The Morgan fingerprint density at radius 2 is 2.11 bits per heavy atom. The average Bonchev–Trinajstić information content (AvgIpc) is 2.85. The van der Waals surface area contributed by atoms with Crippen LogP contribution < -0.4 is 11.1 Å². The Morgan fingerprint density at radius 1 is 1.42 bits per heavy atom. The molecule has 5 heteroatoms. The van der Waals surface area contributed by atoms with Crippen molar-refractivity contribution < 1.29 is 14.3 Å². The molecule has 1 fully saturated rings. The van der Waals surface area contributed by atoms with E-state index in [4.69, 9.17) is 10.8 Å². The number of hydrogen-bond donors (Lipinski definition) is 3. The number of nitrogen functional groups attached to an aromatic ring is 1. The van der Waals surface area contributed by atoms with Crippen LogP contribution in [0.2, 0.25) is 0 Å². The van der Waals surface area contributed by atoms with Gasteiger partial charge in [-0.1, -0.05) is 25.7 Å². The molecule has 19 heavy (non-hydrogen) atoms. The normalized spacial score (nSPS) is 15.6. The van der Waals surface area contributed by atoms with E-state index in [9.17, 15) is 9.18 Å². The third kappa shape index (κ3) is 3.36. The summed E-state index contributed by atoms with van der Waals surface area (Å²) in [6.45, 7) is 0.737. The zero-order valence-electron chi connectivity index (χ0n) is 10.8. The van der Waals surface area contributed by atoms with Crippen molar-refractivity contribution in [2.24, 2.45) is 5.92 Å². The van der Waals surface area contributed by atoms with Gasteiger partial charge in [0.15, 0.2) is 0 Å². The highest BCUT2D eigenvalue weighted by atomic mass is 19.1. The lowest BCUT2D eigenvalue weighted by Gasteiger charge is -2.13. The van der Waals surface area contributed by atoms with Crippen LogP contribution in [0, 0.1) is 11.7 Å². The van der Waals surface area contributed by atoms with Gasteiger partial charge in [-0.3, -0.25) is 0 Å². The minimum atomic E-state index is -1.30. The first kappa shape index (κ1) is 13.6. The number of nitrogens with one attached hydrogen (secondary N) is 1. The summed E-state index contributed by atoms with van der Waals surface area (Å²) in [6.07, 6.45) is 6.18. The van der Waals surface area contributed by atoms with Crippen molar-refractivity contribution in [3.8, 4) is 0 Å². The van der Waals surface area contributed by atoms with Crippen LogP contribution in [0.4, 0.5) is 15.8 Å². The highest BCUT2D eigenvalue weighted by Crippen LogP contribution is 2.28. The largest absolute Gasteiger partial charge is 0.478 e. The van der Waals surface area contributed by atoms with E-state index >= 15 is 0 Å². The van der Waals surface area contributed by atoms with E-state index in [1.165, 1.54) is 25.7 Å². The van der Waals surface area contributed by atoms with Crippen LogP contribution in [0.15, 0.2) is 12.1 Å². The zero-order chi connectivity index (χ0) is 13.8. The summed E-state index contributed by atoms with van der Waals surface area (Å²) in [4.78, 5) is 10.8. The molecule has 0 aromatic heterocycles. The number of hydrogen-bond acceptors (Lipinski definition) is 3. The molecule has 0 aliphatic heterocycles. The number of benzene rings is 1. The van der Waals surface area contributed by atoms with Gasteiger partial charge in [0.25, 0.3) is 0 Å². The molecule has 0 unspecified atom stereocenters. The van der Waals surface area contributed by atoms with E-state index in [1.54, 1.807) is 0 Å². The second-order valence-corrected chi connectivity index (χ2v) is 5.09. The lowest BCUT2D eigenvalue weighted by atomic mass is 10.0. The first-order valence-electron chi connectivity index (χ1n) is 6.64. The van der Waals surface area contributed by atoms with E-state index in [2.05, 4.69) is 5.32 Å². The fourth-order valence-electron chi connectivity index (χ4n) is 2.62. The van der Waals surface area contributed by atoms with Crippen LogP contribution in [0.3, 0.4) is 0 Å². The van der Waals surface area contributed by atoms with Crippen molar-refractivity contribution in [1.29, 1.82) is 0 Å². The highest BCUT2D eigenvalue weighted by molar-refractivity contribution is 5.90. The third-order valence-electron chi connectivity index (χ3n) is 3.71. The van der Waals surface area contributed by atoms with Gasteiger partial charge in [-0.2, -0.15) is 0 Å². The van der Waals surface area contributed by atoms with Crippen molar-refractivity contribution in [3.63, 3.8) is 0 Å². The van der Waals surface area contributed by atoms with E-state index in [-0.39, 0.29) is 11.3 Å². The van der Waals surface area contributed by atoms with Gasteiger partial charge in [0, 0.05) is 6.54 Å². The van der Waals surface area contributed by atoms with Crippen LogP contribution in [-0.2, 0) is 0 Å². The van der Waals surface area contributed by atoms with Crippen LogP contribution >= 0.6 is 0 Å². The Balaban J connectivity index is 1.96. The molecule has 0 atom stereocenters. The molecule has 0 bridgehead atoms. The fourth-order valence-corrected chi connectivity index (χ4v) is 2.62. The standard InChI is InChI=1S/C14H19FN2O2/c15-11-8-13(12(16)7-10(11)14(18)19)17-6-5-9-3-1-2-4-9/h7-9,17H,1-6,16H2,(H,18,19). The third-order valence-corrected chi connectivity index (χ3v) is 3.71. The van der Waals surface area contributed by atoms with Crippen LogP contribution in [0.1, 0.15) is 42.5 Å². The molecule has 0 saturated heterocycles. The Bertz CT molecular complexity index is 471. The number of carboxylic acids is 1. The molecule has 0 spiro atoms. The molecule has 0 heterocycles. The smallest absolute Gasteiger partial charge is 0.338 e. The van der Waals surface area contributed by atoms with Gasteiger partial charge in [-0.05, 0) is 24.5 Å². The van der Waals surface area contributed by atoms with Gasteiger partial charge in [0.1, 0.15) is 5.82 Å². The summed E-state index contributed by atoms with van der Waals surface area (Å²) in [5.41, 5.74) is 6.08. The maximum absolute atomic E-state index is 13.5.